The minimum absolute atomic E-state index is 0.137. The van der Waals surface area contributed by atoms with Crippen molar-refractivity contribution in [3.8, 4) is 11.5 Å². The third kappa shape index (κ3) is 2.62. The first kappa shape index (κ1) is 13.6. The number of carbonyl (C=O) groups is 1. The van der Waals surface area contributed by atoms with Gasteiger partial charge in [0.25, 0.3) is 0 Å². The van der Waals surface area contributed by atoms with E-state index < -0.39 is 0 Å². The molecule has 0 spiro atoms. The molecule has 0 unspecified atom stereocenters. The summed E-state index contributed by atoms with van der Waals surface area (Å²) in [6.45, 7) is 2.35. The van der Waals surface area contributed by atoms with Gasteiger partial charge in [-0.05, 0) is 13.0 Å². The molecule has 7 heteroatoms. The fourth-order valence-corrected chi connectivity index (χ4v) is 2.35. The van der Waals surface area contributed by atoms with Crippen molar-refractivity contribution in [2.24, 2.45) is 0 Å². The fourth-order valence-electron chi connectivity index (χ4n) is 2.10. The van der Waals surface area contributed by atoms with Gasteiger partial charge in [-0.1, -0.05) is 23.7 Å². The second-order valence-electron chi connectivity index (χ2n) is 4.45. The molecule has 3 rings (SSSR count). The predicted octanol–water partition coefficient (Wildman–Crippen LogP) is 2.59. The lowest BCUT2D eigenvalue weighted by atomic mass is 10.2. The van der Waals surface area contributed by atoms with E-state index in [9.17, 15) is 4.79 Å². The SMILES string of the molecule is Cc1nc(Cl)c(C=O)c(NCc2cccc3c2OCO3)n1. The molecule has 1 aromatic heterocycles. The van der Waals surface area contributed by atoms with Crippen LogP contribution in [0.4, 0.5) is 5.82 Å². The van der Waals surface area contributed by atoms with Gasteiger partial charge in [-0.15, -0.1) is 0 Å². The molecule has 108 valence electrons. The van der Waals surface area contributed by atoms with E-state index >= 15 is 0 Å². The number of ether oxygens (including phenoxy) is 2. The second kappa shape index (κ2) is 5.57. The van der Waals surface area contributed by atoms with Gasteiger partial charge in [0.05, 0.1) is 5.56 Å². The van der Waals surface area contributed by atoms with E-state index in [1.807, 2.05) is 18.2 Å². The molecule has 1 aliphatic rings. The maximum Gasteiger partial charge on any atom is 0.231 e. The Balaban J connectivity index is 1.86. The topological polar surface area (TPSA) is 73.3 Å². The molecule has 1 aromatic carbocycles. The standard InChI is InChI=1S/C14H12ClN3O3/c1-8-17-13(15)10(6-19)14(18-8)16-5-9-3-2-4-11-12(9)21-7-20-11/h2-4,6H,5,7H2,1H3,(H,16,17,18). The maximum atomic E-state index is 11.1. The molecule has 0 saturated carbocycles. The highest BCUT2D eigenvalue weighted by Gasteiger charge is 2.18. The van der Waals surface area contributed by atoms with Crippen LogP contribution in [-0.2, 0) is 6.54 Å². The van der Waals surface area contributed by atoms with Crippen molar-refractivity contribution < 1.29 is 14.3 Å². The lowest BCUT2D eigenvalue weighted by Crippen LogP contribution is -2.08. The zero-order valence-electron chi connectivity index (χ0n) is 11.2. The van der Waals surface area contributed by atoms with Gasteiger partial charge in [0.15, 0.2) is 17.8 Å². The monoisotopic (exact) mass is 305 g/mol. The summed E-state index contributed by atoms with van der Waals surface area (Å²) in [6, 6.07) is 5.63. The highest BCUT2D eigenvalue weighted by molar-refractivity contribution is 6.32. The summed E-state index contributed by atoms with van der Waals surface area (Å²) in [7, 11) is 0. The number of carbonyl (C=O) groups excluding carboxylic acids is 1. The second-order valence-corrected chi connectivity index (χ2v) is 4.80. The summed E-state index contributed by atoms with van der Waals surface area (Å²) < 4.78 is 10.8. The van der Waals surface area contributed by atoms with Crippen molar-refractivity contribution in [1.82, 2.24) is 9.97 Å². The van der Waals surface area contributed by atoms with Crippen molar-refractivity contribution in [3.05, 3.63) is 40.3 Å². The summed E-state index contributed by atoms with van der Waals surface area (Å²) in [6.07, 6.45) is 0.638. The molecule has 1 N–H and O–H groups in total. The Bertz CT molecular complexity index is 706. The third-order valence-electron chi connectivity index (χ3n) is 3.05. The number of aryl methyl sites for hydroxylation is 1. The highest BCUT2D eigenvalue weighted by Crippen LogP contribution is 2.35. The number of benzene rings is 1. The van der Waals surface area contributed by atoms with E-state index in [0.29, 0.717) is 36.0 Å². The number of para-hydroxylation sites is 1. The normalized spacial score (nSPS) is 12.3. The van der Waals surface area contributed by atoms with E-state index in [1.54, 1.807) is 6.92 Å². The summed E-state index contributed by atoms with van der Waals surface area (Å²) in [5.41, 5.74) is 1.15. The van der Waals surface area contributed by atoms with Crippen LogP contribution < -0.4 is 14.8 Å². The molecule has 2 heterocycles. The number of halogens is 1. The Labute approximate surface area is 126 Å². The van der Waals surface area contributed by atoms with E-state index in [1.165, 1.54) is 0 Å². The van der Waals surface area contributed by atoms with Crippen LogP contribution in [0.3, 0.4) is 0 Å². The number of hydrogen-bond acceptors (Lipinski definition) is 6. The number of aromatic nitrogens is 2. The van der Waals surface area contributed by atoms with Crippen LogP contribution in [-0.4, -0.2) is 23.0 Å². The Morgan fingerprint density at radius 1 is 1.38 bits per heavy atom. The van der Waals surface area contributed by atoms with E-state index in [0.717, 1.165) is 5.56 Å². The van der Waals surface area contributed by atoms with E-state index in [2.05, 4.69) is 15.3 Å². The minimum Gasteiger partial charge on any atom is -0.454 e. The lowest BCUT2D eigenvalue weighted by Gasteiger charge is -2.11. The number of hydrogen-bond donors (Lipinski definition) is 1. The van der Waals surface area contributed by atoms with Gasteiger partial charge in [0.2, 0.25) is 6.79 Å². The van der Waals surface area contributed by atoms with Crippen molar-refractivity contribution in [1.29, 1.82) is 0 Å². The molecule has 0 radical (unpaired) electrons. The molecule has 2 aromatic rings. The predicted molar refractivity (Wildman–Crippen MR) is 77.1 cm³/mol. The van der Waals surface area contributed by atoms with Crippen molar-refractivity contribution >= 4 is 23.7 Å². The third-order valence-corrected chi connectivity index (χ3v) is 3.34. The van der Waals surface area contributed by atoms with Crippen LogP contribution in [0.1, 0.15) is 21.7 Å². The molecule has 0 aliphatic carbocycles. The molecule has 0 fully saturated rings. The largest absolute Gasteiger partial charge is 0.454 e. The average Bonchev–Trinajstić information content (AvgIpc) is 2.93. The van der Waals surface area contributed by atoms with Crippen LogP contribution in [0.5, 0.6) is 11.5 Å². The van der Waals surface area contributed by atoms with Crippen LogP contribution in [0.25, 0.3) is 0 Å². The zero-order valence-corrected chi connectivity index (χ0v) is 12.0. The highest BCUT2D eigenvalue weighted by atomic mass is 35.5. The minimum atomic E-state index is 0.137. The van der Waals surface area contributed by atoms with Crippen molar-refractivity contribution in [3.63, 3.8) is 0 Å². The molecular weight excluding hydrogens is 294 g/mol. The fraction of sp³-hybridized carbons (Fsp3) is 0.214. The maximum absolute atomic E-state index is 11.1. The van der Waals surface area contributed by atoms with Gasteiger partial charge >= 0.3 is 0 Å². The molecule has 0 bridgehead atoms. The Morgan fingerprint density at radius 3 is 3.05 bits per heavy atom. The first-order valence-electron chi connectivity index (χ1n) is 6.29. The number of nitrogens with zero attached hydrogens (tertiary/aromatic N) is 2. The Kier molecular flexibility index (Phi) is 3.62. The molecule has 6 nitrogen and oxygen atoms in total. The Hall–Kier alpha value is -2.34. The number of aldehydes is 1. The van der Waals surface area contributed by atoms with Gasteiger partial charge in [-0.3, -0.25) is 4.79 Å². The van der Waals surface area contributed by atoms with Gasteiger partial charge in [0, 0.05) is 12.1 Å². The van der Waals surface area contributed by atoms with E-state index in [-0.39, 0.29) is 17.5 Å². The van der Waals surface area contributed by atoms with Gasteiger partial charge in [0.1, 0.15) is 16.8 Å². The lowest BCUT2D eigenvalue weighted by molar-refractivity contribution is 0.112. The number of fused-ring (bicyclic) bond motifs is 1. The number of anilines is 1. The number of nitrogens with one attached hydrogen (secondary N) is 1. The van der Waals surface area contributed by atoms with Crippen LogP contribution >= 0.6 is 11.6 Å². The van der Waals surface area contributed by atoms with Crippen LogP contribution in [0.2, 0.25) is 5.15 Å². The summed E-state index contributed by atoms with van der Waals surface area (Å²) >= 11 is 5.94. The smallest absolute Gasteiger partial charge is 0.231 e. The molecule has 0 atom stereocenters. The first-order chi connectivity index (χ1) is 10.2. The molecule has 0 saturated heterocycles. The van der Waals surface area contributed by atoms with Gasteiger partial charge < -0.3 is 14.8 Å². The summed E-state index contributed by atoms with van der Waals surface area (Å²) in [5, 5.41) is 3.23. The molecular formula is C14H12ClN3O3. The van der Waals surface area contributed by atoms with Gasteiger partial charge in [-0.25, -0.2) is 9.97 Å². The Morgan fingerprint density at radius 2 is 2.24 bits per heavy atom. The zero-order chi connectivity index (χ0) is 14.8. The van der Waals surface area contributed by atoms with Crippen LogP contribution in [0.15, 0.2) is 18.2 Å². The summed E-state index contributed by atoms with van der Waals surface area (Å²) in [5.74, 6) is 2.31. The molecule has 0 amide bonds. The number of rotatable bonds is 4. The van der Waals surface area contributed by atoms with Crippen LogP contribution in [0, 0.1) is 6.92 Å². The van der Waals surface area contributed by atoms with Crippen molar-refractivity contribution in [2.75, 3.05) is 12.1 Å². The first-order valence-corrected chi connectivity index (χ1v) is 6.67. The average molecular weight is 306 g/mol. The van der Waals surface area contributed by atoms with Crippen molar-refractivity contribution in [2.45, 2.75) is 13.5 Å². The van der Waals surface area contributed by atoms with E-state index in [4.69, 9.17) is 21.1 Å². The molecule has 1 aliphatic heterocycles. The van der Waals surface area contributed by atoms with Gasteiger partial charge in [-0.2, -0.15) is 0 Å². The summed E-state index contributed by atoms with van der Waals surface area (Å²) in [4.78, 5) is 19.3. The quantitative estimate of drug-likeness (QED) is 0.691. The molecule has 21 heavy (non-hydrogen) atoms.